The number of nitrogens with zero attached hydrogens (tertiary/aromatic N) is 2. The van der Waals surface area contributed by atoms with Crippen molar-refractivity contribution in [1.82, 2.24) is 10.2 Å². The first-order valence-corrected chi connectivity index (χ1v) is 9.43. The average molecular weight is 359 g/mol. The van der Waals surface area contributed by atoms with Gasteiger partial charge < -0.3 is 15.0 Å². The fraction of sp³-hybridized carbons (Fsp3) is 0.261. The Balaban J connectivity index is 1.88. The zero-order valence-corrected chi connectivity index (χ0v) is 15.9. The van der Waals surface area contributed by atoms with E-state index in [-0.39, 0.29) is 0 Å². The number of methoxy groups -OCH3 is 1. The molecule has 3 aromatic rings. The predicted octanol–water partition coefficient (Wildman–Crippen LogP) is 4.14. The molecule has 1 aliphatic heterocycles. The van der Waals surface area contributed by atoms with Gasteiger partial charge in [-0.15, -0.1) is 0 Å². The van der Waals surface area contributed by atoms with Gasteiger partial charge in [0.15, 0.2) is 0 Å². The van der Waals surface area contributed by atoms with E-state index >= 15 is 0 Å². The molecule has 0 unspecified atom stereocenters. The number of aryl methyl sites for hydroxylation is 1. The minimum atomic E-state index is 0.860. The molecule has 0 aromatic heterocycles. The predicted molar refractivity (Wildman–Crippen MR) is 112 cm³/mol. The lowest BCUT2D eigenvalue weighted by atomic mass is 10.0. The van der Waals surface area contributed by atoms with Crippen LogP contribution in [-0.2, 0) is 0 Å². The van der Waals surface area contributed by atoms with E-state index in [0.29, 0.717) is 0 Å². The highest BCUT2D eigenvalue weighted by atomic mass is 16.5. The number of rotatable bonds is 3. The molecule has 0 amide bonds. The number of aliphatic imine (C=N–C) groups is 1. The summed E-state index contributed by atoms with van der Waals surface area (Å²) in [6, 6.07) is 21.0. The van der Waals surface area contributed by atoms with E-state index in [1.165, 1.54) is 16.3 Å². The van der Waals surface area contributed by atoms with Crippen LogP contribution in [0, 0.1) is 6.92 Å². The van der Waals surface area contributed by atoms with Crippen molar-refractivity contribution in [2.75, 3.05) is 33.3 Å². The van der Waals surface area contributed by atoms with Crippen LogP contribution in [-0.4, -0.2) is 44.0 Å². The van der Waals surface area contributed by atoms with Crippen molar-refractivity contribution in [2.45, 2.75) is 6.92 Å². The first-order chi connectivity index (χ1) is 13.2. The topological polar surface area (TPSA) is 36.9 Å². The number of nitrogens with one attached hydrogen (secondary N) is 1. The van der Waals surface area contributed by atoms with Gasteiger partial charge in [0, 0.05) is 26.2 Å². The Morgan fingerprint density at radius 2 is 1.70 bits per heavy atom. The maximum absolute atomic E-state index is 5.76. The number of amidine groups is 1. The summed E-state index contributed by atoms with van der Waals surface area (Å²) >= 11 is 0. The quantitative estimate of drug-likeness (QED) is 0.564. The maximum Gasteiger partial charge on any atom is 0.140 e. The molecule has 4 nitrogen and oxygen atoms in total. The SMILES string of the molecule is COc1cc2ccccc2cc1C(=Nc1cccc(C)c1)N1CCNCC1. The zero-order chi connectivity index (χ0) is 18.6. The molecule has 1 fully saturated rings. The number of ether oxygens (including phenoxy) is 1. The van der Waals surface area contributed by atoms with Gasteiger partial charge in [0.05, 0.1) is 18.4 Å². The van der Waals surface area contributed by atoms with Crippen molar-refractivity contribution in [1.29, 1.82) is 0 Å². The third-order valence-electron chi connectivity index (χ3n) is 4.96. The molecule has 1 N–H and O–H groups in total. The van der Waals surface area contributed by atoms with Crippen molar-refractivity contribution in [3.63, 3.8) is 0 Å². The number of fused-ring (bicyclic) bond motifs is 1. The minimum Gasteiger partial charge on any atom is -0.496 e. The van der Waals surface area contributed by atoms with Crippen LogP contribution in [0.5, 0.6) is 5.75 Å². The van der Waals surface area contributed by atoms with Crippen molar-refractivity contribution < 1.29 is 4.74 Å². The Morgan fingerprint density at radius 1 is 0.963 bits per heavy atom. The first-order valence-electron chi connectivity index (χ1n) is 9.43. The van der Waals surface area contributed by atoms with Gasteiger partial charge in [-0.2, -0.15) is 0 Å². The fourth-order valence-corrected chi connectivity index (χ4v) is 3.56. The summed E-state index contributed by atoms with van der Waals surface area (Å²) in [5, 5.41) is 5.79. The van der Waals surface area contributed by atoms with Crippen molar-refractivity contribution in [2.24, 2.45) is 4.99 Å². The molecule has 0 saturated carbocycles. The van der Waals surface area contributed by atoms with Crippen LogP contribution >= 0.6 is 0 Å². The lowest BCUT2D eigenvalue weighted by molar-refractivity contribution is 0.355. The smallest absolute Gasteiger partial charge is 0.140 e. The monoisotopic (exact) mass is 359 g/mol. The van der Waals surface area contributed by atoms with Gasteiger partial charge in [-0.25, -0.2) is 4.99 Å². The van der Waals surface area contributed by atoms with E-state index < -0.39 is 0 Å². The number of hydrogen-bond acceptors (Lipinski definition) is 3. The lowest BCUT2D eigenvalue weighted by Crippen LogP contribution is -2.46. The summed E-state index contributed by atoms with van der Waals surface area (Å²) in [6.07, 6.45) is 0. The second-order valence-electron chi connectivity index (χ2n) is 6.91. The van der Waals surface area contributed by atoms with E-state index in [1.807, 2.05) is 0 Å². The molecule has 1 saturated heterocycles. The van der Waals surface area contributed by atoms with Crippen LogP contribution < -0.4 is 10.1 Å². The van der Waals surface area contributed by atoms with Crippen molar-refractivity contribution in [3.05, 3.63) is 71.8 Å². The van der Waals surface area contributed by atoms with Crippen LogP contribution in [0.2, 0.25) is 0 Å². The molecular weight excluding hydrogens is 334 g/mol. The van der Waals surface area contributed by atoms with Crippen molar-refractivity contribution >= 4 is 22.3 Å². The Kier molecular flexibility index (Phi) is 5.07. The second-order valence-corrected chi connectivity index (χ2v) is 6.91. The third-order valence-corrected chi connectivity index (χ3v) is 4.96. The summed E-state index contributed by atoms with van der Waals surface area (Å²) in [5.74, 6) is 1.84. The van der Waals surface area contributed by atoms with Gasteiger partial charge >= 0.3 is 0 Å². The van der Waals surface area contributed by atoms with Gasteiger partial charge in [-0.05, 0) is 47.5 Å². The molecule has 4 rings (SSSR count). The highest BCUT2D eigenvalue weighted by Crippen LogP contribution is 2.29. The van der Waals surface area contributed by atoms with Gasteiger partial charge in [-0.1, -0.05) is 36.4 Å². The Bertz CT molecular complexity index is 974. The largest absolute Gasteiger partial charge is 0.496 e. The molecule has 27 heavy (non-hydrogen) atoms. The Labute approximate surface area is 160 Å². The molecule has 1 aliphatic rings. The summed E-state index contributed by atoms with van der Waals surface area (Å²) in [5.41, 5.74) is 3.22. The average Bonchev–Trinajstić information content (AvgIpc) is 2.72. The van der Waals surface area contributed by atoms with Crippen LogP contribution in [0.1, 0.15) is 11.1 Å². The van der Waals surface area contributed by atoms with E-state index in [4.69, 9.17) is 9.73 Å². The van der Waals surface area contributed by atoms with E-state index in [2.05, 4.69) is 77.8 Å². The molecular formula is C23H25N3O. The molecule has 0 atom stereocenters. The highest BCUT2D eigenvalue weighted by Gasteiger charge is 2.20. The zero-order valence-electron chi connectivity index (χ0n) is 15.9. The Hall–Kier alpha value is -2.85. The minimum absolute atomic E-state index is 0.860. The van der Waals surface area contributed by atoms with Gasteiger partial charge in [-0.3, -0.25) is 0 Å². The van der Waals surface area contributed by atoms with Crippen LogP contribution in [0.25, 0.3) is 10.8 Å². The fourth-order valence-electron chi connectivity index (χ4n) is 3.56. The maximum atomic E-state index is 5.76. The normalized spacial score (nSPS) is 15.2. The van der Waals surface area contributed by atoms with E-state index in [0.717, 1.165) is 49.0 Å². The summed E-state index contributed by atoms with van der Waals surface area (Å²) < 4.78 is 5.76. The van der Waals surface area contributed by atoms with Gasteiger partial charge in [0.25, 0.3) is 0 Å². The van der Waals surface area contributed by atoms with Crippen LogP contribution in [0.3, 0.4) is 0 Å². The highest BCUT2D eigenvalue weighted by molar-refractivity contribution is 6.06. The molecule has 0 radical (unpaired) electrons. The molecule has 138 valence electrons. The number of benzene rings is 3. The van der Waals surface area contributed by atoms with Crippen LogP contribution in [0.15, 0.2) is 65.7 Å². The lowest BCUT2D eigenvalue weighted by Gasteiger charge is -2.31. The second kappa shape index (κ2) is 7.80. The summed E-state index contributed by atoms with van der Waals surface area (Å²) in [7, 11) is 1.73. The summed E-state index contributed by atoms with van der Waals surface area (Å²) in [6.45, 7) is 5.88. The summed E-state index contributed by atoms with van der Waals surface area (Å²) in [4.78, 5) is 7.42. The van der Waals surface area contributed by atoms with E-state index in [1.54, 1.807) is 7.11 Å². The standard InChI is InChI=1S/C23H25N3O/c1-17-6-5-9-20(14-17)25-23(26-12-10-24-11-13-26)21-15-18-7-3-4-8-19(18)16-22(21)27-2/h3-9,14-16,24H,10-13H2,1-2H3. The molecule has 1 heterocycles. The molecule has 3 aromatic carbocycles. The number of hydrogen-bond donors (Lipinski definition) is 1. The van der Waals surface area contributed by atoms with Crippen molar-refractivity contribution in [3.8, 4) is 5.75 Å². The first kappa shape index (κ1) is 17.6. The van der Waals surface area contributed by atoms with Gasteiger partial charge in [0.2, 0.25) is 0 Å². The molecule has 0 aliphatic carbocycles. The number of piperazine rings is 1. The van der Waals surface area contributed by atoms with Crippen LogP contribution in [0.4, 0.5) is 5.69 Å². The molecule has 4 heteroatoms. The van der Waals surface area contributed by atoms with E-state index in [9.17, 15) is 0 Å². The van der Waals surface area contributed by atoms with Gasteiger partial charge in [0.1, 0.15) is 11.6 Å². The molecule has 0 bridgehead atoms. The third kappa shape index (κ3) is 3.81. The Morgan fingerprint density at radius 3 is 2.41 bits per heavy atom. The molecule has 0 spiro atoms.